The predicted octanol–water partition coefficient (Wildman–Crippen LogP) is 0.314. The molecule has 1 aliphatic rings. The number of aliphatic hydroxyl groups is 1. The monoisotopic (exact) mass is 235 g/mol. The van der Waals surface area contributed by atoms with Crippen LogP contribution in [0.2, 0.25) is 0 Å². The van der Waals surface area contributed by atoms with Gasteiger partial charge in [0.15, 0.2) is 0 Å². The molecule has 1 saturated carbocycles. The SMILES string of the molecule is CCS(=O)(=O)CCCC(O)CNC1CC1. The maximum atomic E-state index is 11.2. The van der Waals surface area contributed by atoms with E-state index in [9.17, 15) is 13.5 Å². The number of nitrogens with one attached hydrogen (secondary N) is 1. The molecule has 1 atom stereocenters. The van der Waals surface area contributed by atoms with Crippen molar-refractivity contribution >= 4 is 9.84 Å². The maximum absolute atomic E-state index is 11.2. The number of hydrogen-bond donors (Lipinski definition) is 2. The van der Waals surface area contributed by atoms with Gasteiger partial charge in [0.05, 0.1) is 11.9 Å². The summed E-state index contributed by atoms with van der Waals surface area (Å²) in [7, 11) is -2.87. The Labute approximate surface area is 92.0 Å². The van der Waals surface area contributed by atoms with Gasteiger partial charge in [-0.3, -0.25) is 0 Å². The smallest absolute Gasteiger partial charge is 0.150 e. The van der Waals surface area contributed by atoms with Gasteiger partial charge in [-0.2, -0.15) is 0 Å². The first-order valence-electron chi connectivity index (χ1n) is 5.65. The van der Waals surface area contributed by atoms with Crippen LogP contribution in [0.4, 0.5) is 0 Å². The van der Waals surface area contributed by atoms with Crippen molar-refractivity contribution in [2.45, 2.75) is 44.8 Å². The lowest BCUT2D eigenvalue weighted by atomic mass is 10.2. The van der Waals surface area contributed by atoms with Gasteiger partial charge in [0.2, 0.25) is 0 Å². The van der Waals surface area contributed by atoms with Gasteiger partial charge in [0.1, 0.15) is 9.84 Å². The summed E-state index contributed by atoms with van der Waals surface area (Å²) in [4.78, 5) is 0. The molecule has 0 heterocycles. The van der Waals surface area contributed by atoms with Crippen LogP contribution in [-0.4, -0.2) is 43.7 Å². The second kappa shape index (κ2) is 5.82. The third kappa shape index (κ3) is 6.12. The molecule has 90 valence electrons. The molecular weight excluding hydrogens is 214 g/mol. The lowest BCUT2D eigenvalue weighted by Crippen LogP contribution is -2.28. The minimum Gasteiger partial charge on any atom is -0.392 e. The van der Waals surface area contributed by atoms with E-state index in [4.69, 9.17) is 0 Å². The summed E-state index contributed by atoms with van der Waals surface area (Å²) in [5.74, 6) is 0.396. The van der Waals surface area contributed by atoms with Crippen LogP contribution in [0.3, 0.4) is 0 Å². The van der Waals surface area contributed by atoms with Crippen molar-refractivity contribution in [1.82, 2.24) is 5.32 Å². The third-order valence-corrected chi connectivity index (χ3v) is 4.44. The first-order chi connectivity index (χ1) is 7.03. The van der Waals surface area contributed by atoms with Crippen molar-refractivity contribution in [2.75, 3.05) is 18.1 Å². The zero-order valence-electron chi connectivity index (χ0n) is 9.28. The van der Waals surface area contributed by atoms with Gasteiger partial charge >= 0.3 is 0 Å². The molecule has 1 rings (SSSR count). The van der Waals surface area contributed by atoms with Gasteiger partial charge in [0.25, 0.3) is 0 Å². The van der Waals surface area contributed by atoms with Crippen LogP contribution < -0.4 is 5.32 Å². The minimum absolute atomic E-state index is 0.198. The molecular formula is C10H21NO3S. The molecule has 0 aromatic heterocycles. The Balaban J connectivity index is 2.02. The molecule has 0 aromatic carbocycles. The van der Waals surface area contributed by atoms with Crippen LogP contribution >= 0.6 is 0 Å². The van der Waals surface area contributed by atoms with E-state index in [1.807, 2.05) is 0 Å². The fraction of sp³-hybridized carbons (Fsp3) is 1.00. The van der Waals surface area contributed by atoms with Gasteiger partial charge in [-0.1, -0.05) is 6.92 Å². The van der Waals surface area contributed by atoms with Gasteiger partial charge < -0.3 is 10.4 Å². The molecule has 2 N–H and O–H groups in total. The van der Waals surface area contributed by atoms with Crippen molar-refractivity contribution < 1.29 is 13.5 Å². The zero-order chi connectivity index (χ0) is 11.3. The first kappa shape index (κ1) is 12.9. The highest BCUT2D eigenvalue weighted by Crippen LogP contribution is 2.18. The molecule has 1 fully saturated rings. The molecule has 1 unspecified atom stereocenters. The van der Waals surface area contributed by atoms with Crippen molar-refractivity contribution in [1.29, 1.82) is 0 Å². The minimum atomic E-state index is -2.87. The van der Waals surface area contributed by atoms with Crippen LogP contribution in [0.25, 0.3) is 0 Å². The summed E-state index contributed by atoms with van der Waals surface area (Å²) in [5, 5.41) is 12.8. The molecule has 1 aliphatic carbocycles. The Bertz CT molecular complexity index is 272. The largest absolute Gasteiger partial charge is 0.392 e. The van der Waals surface area contributed by atoms with Gasteiger partial charge in [-0.15, -0.1) is 0 Å². The number of rotatable bonds is 8. The number of hydrogen-bond acceptors (Lipinski definition) is 4. The molecule has 0 aromatic rings. The fourth-order valence-electron chi connectivity index (χ4n) is 1.38. The van der Waals surface area contributed by atoms with Crippen molar-refractivity contribution in [3.05, 3.63) is 0 Å². The second-order valence-electron chi connectivity index (χ2n) is 4.21. The van der Waals surface area contributed by atoms with Gasteiger partial charge in [-0.25, -0.2) is 8.42 Å². The predicted molar refractivity (Wildman–Crippen MR) is 60.6 cm³/mol. The quantitative estimate of drug-likeness (QED) is 0.635. The van der Waals surface area contributed by atoms with Crippen LogP contribution in [-0.2, 0) is 9.84 Å². The molecule has 0 bridgehead atoms. The Morgan fingerprint density at radius 1 is 1.47 bits per heavy atom. The summed E-state index contributed by atoms with van der Waals surface area (Å²) >= 11 is 0. The third-order valence-electron chi connectivity index (χ3n) is 2.65. The highest BCUT2D eigenvalue weighted by atomic mass is 32.2. The molecule has 4 nitrogen and oxygen atoms in total. The molecule has 0 saturated heterocycles. The summed E-state index contributed by atoms with van der Waals surface area (Å²) in [6.45, 7) is 2.25. The van der Waals surface area contributed by atoms with E-state index in [1.165, 1.54) is 12.8 Å². The van der Waals surface area contributed by atoms with Crippen LogP contribution in [0.1, 0.15) is 32.6 Å². The summed E-state index contributed by atoms with van der Waals surface area (Å²) in [6.07, 6.45) is 3.13. The van der Waals surface area contributed by atoms with E-state index in [2.05, 4.69) is 5.32 Å². The second-order valence-corrected chi connectivity index (χ2v) is 6.69. The van der Waals surface area contributed by atoms with Crippen molar-refractivity contribution in [2.24, 2.45) is 0 Å². The van der Waals surface area contributed by atoms with Gasteiger partial charge in [-0.05, 0) is 25.7 Å². The van der Waals surface area contributed by atoms with E-state index in [-0.39, 0.29) is 11.5 Å². The average molecular weight is 235 g/mol. The first-order valence-corrected chi connectivity index (χ1v) is 7.47. The highest BCUT2D eigenvalue weighted by Gasteiger charge is 2.21. The average Bonchev–Trinajstić information content (AvgIpc) is 2.98. The highest BCUT2D eigenvalue weighted by molar-refractivity contribution is 7.91. The zero-order valence-corrected chi connectivity index (χ0v) is 10.1. The maximum Gasteiger partial charge on any atom is 0.150 e. The van der Waals surface area contributed by atoms with E-state index < -0.39 is 15.9 Å². The Morgan fingerprint density at radius 2 is 2.13 bits per heavy atom. The number of sulfone groups is 1. The van der Waals surface area contributed by atoms with Gasteiger partial charge in [0, 0.05) is 18.3 Å². The molecule has 5 heteroatoms. The fourth-order valence-corrected chi connectivity index (χ4v) is 2.27. The normalized spacial score (nSPS) is 19.1. The number of aliphatic hydroxyl groups excluding tert-OH is 1. The van der Waals surface area contributed by atoms with Crippen LogP contribution in [0.5, 0.6) is 0 Å². The molecule has 0 radical (unpaired) electrons. The van der Waals surface area contributed by atoms with Crippen molar-refractivity contribution in [3.8, 4) is 0 Å². The summed E-state index contributed by atoms with van der Waals surface area (Å²) in [5.41, 5.74) is 0. The standard InChI is InChI=1S/C10H21NO3S/c1-2-15(13,14)7-3-4-10(12)8-11-9-5-6-9/h9-12H,2-8H2,1H3. The Kier molecular flexibility index (Phi) is 5.02. The van der Waals surface area contributed by atoms with Crippen LogP contribution in [0, 0.1) is 0 Å². The van der Waals surface area contributed by atoms with E-state index >= 15 is 0 Å². The molecule has 0 spiro atoms. The van der Waals surface area contributed by atoms with E-state index in [0.29, 0.717) is 25.4 Å². The summed E-state index contributed by atoms with van der Waals surface area (Å²) < 4.78 is 22.3. The lowest BCUT2D eigenvalue weighted by Gasteiger charge is -2.10. The van der Waals surface area contributed by atoms with E-state index in [0.717, 1.165) is 0 Å². The van der Waals surface area contributed by atoms with E-state index in [1.54, 1.807) is 6.92 Å². The topological polar surface area (TPSA) is 66.4 Å². The molecule has 0 amide bonds. The Morgan fingerprint density at radius 3 is 2.67 bits per heavy atom. The lowest BCUT2D eigenvalue weighted by molar-refractivity contribution is 0.160. The van der Waals surface area contributed by atoms with Crippen LogP contribution in [0.15, 0.2) is 0 Å². The molecule has 0 aliphatic heterocycles. The van der Waals surface area contributed by atoms with Crippen molar-refractivity contribution in [3.63, 3.8) is 0 Å². The summed E-state index contributed by atoms with van der Waals surface area (Å²) in [6, 6.07) is 0.596. The molecule has 15 heavy (non-hydrogen) atoms. The Hall–Kier alpha value is -0.130.